The standard InChI is InChI=1S/C16H31N3O/c1-14(16(20)18-11-5-3-6-12-18)19-13-7-4-8-15(19)9-10-17-2/h14-15,17H,3-13H2,1-2H3. The number of amides is 1. The van der Waals surface area contributed by atoms with Gasteiger partial charge in [0.25, 0.3) is 0 Å². The van der Waals surface area contributed by atoms with Crippen molar-refractivity contribution < 1.29 is 4.79 Å². The maximum absolute atomic E-state index is 12.7. The summed E-state index contributed by atoms with van der Waals surface area (Å²) in [5.74, 6) is 0.362. The first-order valence-corrected chi connectivity index (χ1v) is 8.43. The normalized spacial score (nSPS) is 26.5. The van der Waals surface area contributed by atoms with E-state index in [0.29, 0.717) is 11.9 Å². The second-order valence-electron chi connectivity index (χ2n) is 6.34. The van der Waals surface area contributed by atoms with Gasteiger partial charge in [-0.1, -0.05) is 6.42 Å². The predicted molar refractivity (Wildman–Crippen MR) is 82.8 cm³/mol. The lowest BCUT2D eigenvalue weighted by Gasteiger charge is -2.41. The summed E-state index contributed by atoms with van der Waals surface area (Å²) in [6, 6.07) is 0.648. The van der Waals surface area contributed by atoms with Gasteiger partial charge < -0.3 is 10.2 Å². The molecule has 2 heterocycles. The van der Waals surface area contributed by atoms with Gasteiger partial charge in [-0.05, 0) is 65.6 Å². The van der Waals surface area contributed by atoms with E-state index < -0.39 is 0 Å². The van der Waals surface area contributed by atoms with Crippen molar-refractivity contribution in [2.45, 2.75) is 64.0 Å². The average molecular weight is 281 g/mol. The van der Waals surface area contributed by atoms with Crippen LogP contribution < -0.4 is 5.32 Å². The molecule has 0 bridgehead atoms. The van der Waals surface area contributed by atoms with Gasteiger partial charge in [0.2, 0.25) is 5.91 Å². The van der Waals surface area contributed by atoms with Crippen LogP contribution in [0.5, 0.6) is 0 Å². The van der Waals surface area contributed by atoms with Crippen LogP contribution in [0.15, 0.2) is 0 Å². The van der Waals surface area contributed by atoms with Gasteiger partial charge in [-0.25, -0.2) is 0 Å². The first-order chi connectivity index (χ1) is 9.74. The van der Waals surface area contributed by atoms with E-state index in [1.54, 1.807) is 0 Å². The molecule has 2 aliphatic heterocycles. The molecule has 4 nitrogen and oxygen atoms in total. The van der Waals surface area contributed by atoms with Crippen molar-refractivity contribution in [3.8, 4) is 0 Å². The monoisotopic (exact) mass is 281 g/mol. The van der Waals surface area contributed by atoms with Crippen LogP contribution in [-0.4, -0.2) is 61.0 Å². The first kappa shape index (κ1) is 15.8. The van der Waals surface area contributed by atoms with E-state index >= 15 is 0 Å². The van der Waals surface area contributed by atoms with Crippen molar-refractivity contribution in [3.05, 3.63) is 0 Å². The molecule has 0 radical (unpaired) electrons. The van der Waals surface area contributed by atoms with Gasteiger partial charge in [0.1, 0.15) is 0 Å². The summed E-state index contributed by atoms with van der Waals surface area (Å²) in [4.78, 5) is 17.3. The predicted octanol–water partition coefficient (Wildman–Crippen LogP) is 1.85. The van der Waals surface area contributed by atoms with Crippen molar-refractivity contribution in [3.63, 3.8) is 0 Å². The Labute approximate surface area is 123 Å². The molecule has 2 fully saturated rings. The van der Waals surface area contributed by atoms with Crippen LogP contribution in [0.25, 0.3) is 0 Å². The van der Waals surface area contributed by atoms with E-state index in [1.165, 1.54) is 38.5 Å². The van der Waals surface area contributed by atoms with Gasteiger partial charge in [0.05, 0.1) is 6.04 Å². The summed E-state index contributed by atoms with van der Waals surface area (Å²) >= 11 is 0. The minimum atomic E-state index is 0.0651. The zero-order valence-corrected chi connectivity index (χ0v) is 13.2. The molecule has 1 N–H and O–H groups in total. The lowest BCUT2D eigenvalue weighted by molar-refractivity contribution is -0.139. The molecule has 0 aliphatic carbocycles. The number of nitrogens with zero attached hydrogens (tertiary/aromatic N) is 2. The largest absolute Gasteiger partial charge is 0.341 e. The van der Waals surface area contributed by atoms with Crippen LogP contribution in [0.3, 0.4) is 0 Å². The molecule has 0 aromatic heterocycles. The number of likely N-dealkylation sites (tertiary alicyclic amines) is 2. The average Bonchev–Trinajstić information content (AvgIpc) is 2.52. The molecule has 20 heavy (non-hydrogen) atoms. The molecule has 0 aromatic carbocycles. The third-order valence-corrected chi connectivity index (χ3v) is 4.92. The van der Waals surface area contributed by atoms with E-state index in [9.17, 15) is 4.79 Å². The first-order valence-electron chi connectivity index (χ1n) is 8.43. The van der Waals surface area contributed by atoms with Gasteiger partial charge in [0.15, 0.2) is 0 Å². The van der Waals surface area contributed by atoms with Gasteiger partial charge in [-0.3, -0.25) is 9.69 Å². The molecule has 0 saturated carbocycles. The highest BCUT2D eigenvalue weighted by Crippen LogP contribution is 2.23. The summed E-state index contributed by atoms with van der Waals surface area (Å²) in [5, 5.41) is 3.25. The van der Waals surface area contributed by atoms with Crippen molar-refractivity contribution in [2.75, 3.05) is 33.2 Å². The smallest absolute Gasteiger partial charge is 0.239 e. The van der Waals surface area contributed by atoms with E-state index in [2.05, 4.69) is 22.0 Å². The minimum absolute atomic E-state index is 0.0651. The van der Waals surface area contributed by atoms with Crippen LogP contribution in [0.2, 0.25) is 0 Å². The molecule has 1 amide bonds. The van der Waals surface area contributed by atoms with Gasteiger partial charge in [-0.15, -0.1) is 0 Å². The van der Waals surface area contributed by atoms with E-state index in [1.807, 2.05) is 7.05 Å². The fourth-order valence-electron chi connectivity index (χ4n) is 3.67. The van der Waals surface area contributed by atoms with Crippen LogP contribution in [0.4, 0.5) is 0 Å². The third kappa shape index (κ3) is 3.95. The van der Waals surface area contributed by atoms with E-state index in [4.69, 9.17) is 0 Å². The summed E-state index contributed by atoms with van der Waals surface area (Å²) in [6.07, 6.45) is 8.62. The van der Waals surface area contributed by atoms with Gasteiger partial charge >= 0.3 is 0 Å². The zero-order valence-electron chi connectivity index (χ0n) is 13.2. The Balaban J connectivity index is 1.93. The van der Waals surface area contributed by atoms with Crippen molar-refractivity contribution >= 4 is 5.91 Å². The Bertz CT molecular complexity index is 302. The van der Waals surface area contributed by atoms with Crippen LogP contribution in [0, 0.1) is 0 Å². The Hall–Kier alpha value is -0.610. The SMILES string of the molecule is CNCCC1CCCCN1C(C)C(=O)N1CCCCC1. The van der Waals surface area contributed by atoms with Crippen LogP contribution >= 0.6 is 0 Å². The molecule has 0 spiro atoms. The number of rotatable bonds is 5. The van der Waals surface area contributed by atoms with E-state index in [-0.39, 0.29) is 6.04 Å². The molecule has 2 saturated heterocycles. The van der Waals surface area contributed by atoms with Gasteiger partial charge in [0, 0.05) is 19.1 Å². The molecular weight excluding hydrogens is 250 g/mol. The highest BCUT2D eigenvalue weighted by atomic mass is 16.2. The highest BCUT2D eigenvalue weighted by molar-refractivity contribution is 5.81. The lowest BCUT2D eigenvalue weighted by Crippen LogP contribution is -2.53. The molecule has 2 atom stereocenters. The molecular formula is C16H31N3O. The Kier molecular flexibility index (Phi) is 6.30. The Morgan fingerprint density at radius 2 is 1.85 bits per heavy atom. The summed E-state index contributed by atoms with van der Waals surface area (Å²) in [5.41, 5.74) is 0. The lowest BCUT2D eigenvalue weighted by atomic mass is 9.96. The van der Waals surface area contributed by atoms with Crippen LogP contribution in [-0.2, 0) is 4.79 Å². The maximum Gasteiger partial charge on any atom is 0.239 e. The van der Waals surface area contributed by atoms with Crippen molar-refractivity contribution in [1.29, 1.82) is 0 Å². The Morgan fingerprint density at radius 1 is 1.15 bits per heavy atom. The second kappa shape index (κ2) is 7.99. The summed E-state index contributed by atoms with van der Waals surface area (Å²) in [6.45, 7) is 6.20. The van der Waals surface area contributed by atoms with Gasteiger partial charge in [-0.2, -0.15) is 0 Å². The van der Waals surface area contributed by atoms with Crippen molar-refractivity contribution in [1.82, 2.24) is 15.1 Å². The third-order valence-electron chi connectivity index (χ3n) is 4.92. The summed E-state index contributed by atoms with van der Waals surface area (Å²) < 4.78 is 0. The second-order valence-corrected chi connectivity index (χ2v) is 6.34. The molecule has 116 valence electrons. The molecule has 2 unspecified atom stereocenters. The fraction of sp³-hybridized carbons (Fsp3) is 0.938. The molecule has 2 rings (SSSR count). The molecule has 0 aromatic rings. The number of hydrogen-bond acceptors (Lipinski definition) is 3. The number of nitrogens with one attached hydrogen (secondary N) is 1. The van der Waals surface area contributed by atoms with Crippen molar-refractivity contribution in [2.24, 2.45) is 0 Å². The quantitative estimate of drug-likeness (QED) is 0.835. The number of carbonyl (C=O) groups is 1. The topological polar surface area (TPSA) is 35.6 Å². The number of hydrogen-bond donors (Lipinski definition) is 1. The Morgan fingerprint density at radius 3 is 2.55 bits per heavy atom. The van der Waals surface area contributed by atoms with Crippen LogP contribution in [0.1, 0.15) is 51.9 Å². The minimum Gasteiger partial charge on any atom is -0.341 e. The number of carbonyl (C=O) groups excluding carboxylic acids is 1. The summed E-state index contributed by atoms with van der Waals surface area (Å²) in [7, 11) is 2.01. The zero-order chi connectivity index (χ0) is 14.4. The maximum atomic E-state index is 12.7. The number of piperidine rings is 2. The molecule has 2 aliphatic rings. The molecule has 4 heteroatoms. The highest BCUT2D eigenvalue weighted by Gasteiger charge is 2.32. The fourth-order valence-corrected chi connectivity index (χ4v) is 3.67. The van der Waals surface area contributed by atoms with E-state index in [0.717, 1.165) is 32.6 Å².